The number of alkyl halides is 3. The minimum absolute atomic E-state index is 0.226. The van der Waals surface area contributed by atoms with Crippen molar-refractivity contribution in [3.63, 3.8) is 0 Å². The monoisotopic (exact) mass is 405 g/mol. The zero-order valence-electron chi connectivity index (χ0n) is 16.4. The van der Waals surface area contributed by atoms with Crippen LogP contribution in [0.3, 0.4) is 0 Å². The second kappa shape index (κ2) is 8.10. The van der Waals surface area contributed by atoms with Gasteiger partial charge in [0.15, 0.2) is 5.69 Å². The minimum atomic E-state index is -4.72. The number of hydrogen-bond acceptors (Lipinski definition) is 3. The number of benzene rings is 1. The van der Waals surface area contributed by atoms with Crippen LogP contribution >= 0.6 is 0 Å². The van der Waals surface area contributed by atoms with Crippen molar-refractivity contribution < 1.29 is 18.0 Å². The van der Waals surface area contributed by atoms with Crippen molar-refractivity contribution in [3.8, 4) is 5.69 Å². The molecule has 1 amide bonds. The van der Waals surface area contributed by atoms with Crippen molar-refractivity contribution >= 4 is 5.91 Å². The molecule has 2 aromatic heterocycles. The molecule has 0 saturated carbocycles. The number of amides is 1. The average molecular weight is 405 g/mol. The summed E-state index contributed by atoms with van der Waals surface area (Å²) in [6.45, 7) is 6.44. The molecule has 0 aliphatic carbocycles. The Balaban J connectivity index is 1.73. The molecule has 0 unspecified atom stereocenters. The smallest absolute Gasteiger partial charge is 0.352 e. The van der Waals surface area contributed by atoms with Crippen molar-refractivity contribution in [1.82, 2.24) is 24.9 Å². The molecular formula is C20H22F3N5O. The van der Waals surface area contributed by atoms with E-state index in [-0.39, 0.29) is 12.2 Å². The topological polar surface area (TPSA) is 64.7 Å². The van der Waals surface area contributed by atoms with E-state index in [9.17, 15) is 18.0 Å². The van der Waals surface area contributed by atoms with E-state index in [1.807, 2.05) is 26.8 Å². The van der Waals surface area contributed by atoms with Crippen molar-refractivity contribution in [3.05, 3.63) is 64.7 Å². The standard InChI is InChI=1S/C20H22F3N5O/c1-13-5-7-16(8-6-13)28-18(20(21,22)23)17(12-25-28)19(29)24-9-4-10-27-15(3)11-14(2)26-27/h5-8,11-12H,4,9-10H2,1-3H3,(H,24,29). The quantitative estimate of drug-likeness (QED) is 0.634. The van der Waals surface area contributed by atoms with Gasteiger partial charge in [0.1, 0.15) is 0 Å². The van der Waals surface area contributed by atoms with Gasteiger partial charge in [-0.05, 0) is 45.4 Å². The van der Waals surface area contributed by atoms with E-state index < -0.39 is 23.3 Å². The third-order valence-corrected chi connectivity index (χ3v) is 4.50. The predicted octanol–water partition coefficient (Wildman–Crippen LogP) is 3.83. The summed E-state index contributed by atoms with van der Waals surface area (Å²) in [6, 6.07) is 8.39. The van der Waals surface area contributed by atoms with Crippen LogP contribution in [0.5, 0.6) is 0 Å². The van der Waals surface area contributed by atoms with E-state index in [0.29, 0.717) is 13.0 Å². The molecule has 0 aliphatic rings. The first-order valence-corrected chi connectivity index (χ1v) is 9.18. The van der Waals surface area contributed by atoms with Crippen LogP contribution in [0, 0.1) is 20.8 Å². The SMILES string of the molecule is Cc1ccc(-n2ncc(C(=O)NCCCn3nc(C)cc3C)c2C(F)(F)F)cc1. The number of hydrogen-bond donors (Lipinski definition) is 1. The number of carbonyl (C=O) groups is 1. The van der Waals surface area contributed by atoms with Gasteiger partial charge >= 0.3 is 6.18 Å². The lowest BCUT2D eigenvalue weighted by Gasteiger charge is -2.13. The number of carbonyl (C=O) groups excluding carboxylic acids is 1. The van der Waals surface area contributed by atoms with Gasteiger partial charge in [-0.2, -0.15) is 23.4 Å². The highest BCUT2D eigenvalue weighted by Crippen LogP contribution is 2.33. The molecule has 3 rings (SSSR count). The summed E-state index contributed by atoms with van der Waals surface area (Å²) in [4.78, 5) is 12.4. The Morgan fingerprint density at radius 1 is 1.14 bits per heavy atom. The molecule has 0 radical (unpaired) electrons. The molecule has 9 heteroatoms. The van der Waals surface area contributed by atoms with Crippen LogP contribution in [0.4, 0.5) is 13.2 Å². The van der Waals surface area contributed by atoms with Gasteiger partial charge in [-0.1, -0.05) is 17.7 Å². The maximum absolute atomic E-state index is 13.7. The average Bonchev–Trinajstić information content (AvgIpc) is 3.22. The molecular weight excluding hydrogens is 383 g/mol. The fourth-order valence-corrected chi connectivity index (χ4v) is 3.10. The molecule has 0 saturated heterocycles. The van der Waals surface area contributed by atoms with E-state index in [1.165, 1.54) is 12.1 Å². The Morgan fingerprint density at radius 2 is 1.83 bits per heavy atom. The summed E-state index contributed by atoms with van der Waals surface area (Å²) in [7, 11) is 0. The zero-order valence-corrected chi connectivity index (χ0v) is 16.4. The van der Waals surface area contributed by atoms with Crippen LogP contribution in [0.15, 0.2) is 36.5 Å². The van der Waals surface area contributed by atoms with Crippen LogP contribution in [0.2, 0.25) is 0 Å². The summed E-state index contributed by atoms with van der Waals surface area (Å²) >= 11 is 0. The third kappa shape index (κ3) is 4.67. The first-order chi connectivity index (χ1) is 13.7. The molecule has 0 fully saturated rings. The number of rotatable bonds is 6. The van der Waals surface area contributed by atoms with Gasteiger partial charge in [-0.15, -0.1) is 0 Å². The fourth-order valence-electron chi connectivity index (χ4n) is 3.10. The lowest BCUT2D eigenvalue weighted by Crippen LogP contribution is -2.28. The normalized spacial score (nSPS) is 11.7. The van der Waals surface area contributed by atoms with Crippen molar-refractivity contribution in [1.29, 1.82) is 0 Å². The van der Waals surface area contributed by atoms with Crippen LogP contribution in [-0.4, -0.2) is 32.0 Å². The first kappa shape index (κ1) is 20.6. The predicted molar refractivity (Wildman–Crippen MR) is 102 cm³/mol. The summed E-state index contributed by atoms with van der Waals surface area (Å²) in [6.07, 6.45) is -3.22. The summed E-state index contributed by atoms with van der Waals surface area (Å²) < 4.78 is 43.6. The Morgan fingerprint density at radius 3 is 2.41 bits per heavy atom. The van der Waals surface area contributed by atoms with E-state index in [1.54, 1.807) is 16.8 Å². The Labute approximate surface area is 166 Å². The van der Waals surface area contributed by atoms with Gasteiger partial charge in [0.25, 0.3) is 5.91 Å². The van der Waals surface area contributed by atoms with E-state index in [0.717, 1.165) is 27.8 Å². The molecule has 2 heterocycles. The van der Waals surface area contributed by atoms with Gasteiger partial charge in [-0.3, -0.25) is 9.48 Å². The molecule has 154 valence electrons. The number of halogens is 3. The minimum Gasteiger partial charge on any atom is -0.352 e. The van der Waals surface area contributed by atoms with Crippen molar-refractivity contribution in [2.75, 3.05) is 6.54 Å². The molecule has 1 aromatic carbocycles. The molecule has 0 spiro atoms. The fraction of sp³-hybridized carbons (Fsp3) is 0.350. The van der Waals surface area contributed by atoms with Gasteiger partial charge in [0.05, 0.1) is 23.1 Å². The van der Waals surface area contributed by atoms with E-state index in [4.69, 9.17) is 0 Å². The zero-order chi connectivity index (χ0) is 21.2. The molecule has 0 bridgehead atoms. The third-order valence-electron chi connectivity index (χ3n) is 4.50. The van der Waals surface area contributed by atoms with E-state index in [2.05, 4.69) is 15.5 Å². The van der Waals surface area contributed by atoms with Gasteiger partial charge in [-0.25, -0.2) is 4.68 Å². The Bertz CT molecular complexity index is 1000. The van der Waals surface area contributed by atoms with Crippen molar-refractivity contribution in [2.45, 2.75) is 39.9 Å². The molecule has 6 nitrogen and oxygen atoms in total. The van der Waals surface area contributed by atoms with Crippen LogP contribution in [0.25, 0.3) is 5.69 Å². The van der Waals surface area contributed by atoms with Crippen LogP contribution < -0.4 is 5.32 Å². The number of nitrogens with one attached hydrogen (secondary N) is 1. The highest BCUT2D eigenvalue weighted by molar-refractivity contribution is 5.95. The molecule has 0 aliphatic heterocycles. The lowest BCUT2D eigenvalue weighted by molar-refractivity contribution is -0.143. The highest BCUT2D eigenvalue weighted by atomic mass is 19.4. The van der Waals surface area contributed by atoms with Gasteiger partial charge in [0, 0.05) is 18.8 Å². The highest BCUT2D eigenvalue weighted by Gasteiger charge is 2.40. The second-order valence-corrected chi connectivity index (χ2v) is 6.91. The lowest BCUT2D eigenvalue weighted by atomic mass is 10.2. The molecule has 1 N–H and O–H groups in total. The summed E-state index contributed by atoms with van der Waals surface area (Å²) in [5.74, 6) is -0.802. The molecule has 0 atom stereocenters. The van der Waals surface area contributed by atoms with Gasteiger partial charge in [0.2, 0.25) is 0 Å². The second-order valence-electron chi connectivity index (χ2n) is 6.91. The van der Waals surface area contributed by atoms with Crippen molar-refractivity contribution in [2.24, 2.45) is 0 Å². The Hall–Kier alpha value is -3.10. The largest absolute Gasteiger partial charge is 0.434 e. The summed E-state index contributed by atoms with van der Waals surface area (Å²) in [5, 5.41) is 10.7. The first-order valence-electron chi connectivity index (χ1n) is 9.18. The van der Waals surface area contributed by atoms with E-state index >= 15 is 0 Å². The maximum Gasteiger partial charge on any atom is 0.434 e. The van der Waals surface area contributed by atoms with Gasteiger partial charge < -0.3 is 5.32 Å². The number of nitrogens with zero attached hydrogens (tertiary/aromatic N) is 4. The van der Waals surface area contributed by atoms with Crippen LogP contribution in [0.1, 0.15) is 39.4 Å². The molecule has 29 heavy (non-hydrogen) atoms. The number of aryl methyl sites for hydroxylation is 4. The van der Waals surface area contributed by atoms with Crippen LogP contribution in [-0.2, 0) is 12.7 Å². The summed E-state index contributed by atoms with van der Waals surface area (Å²) in [5.41, 5.74) is 1.46. The maximum atomic E-state index is 13.7. The number of aromatic nitrogens is 4. The molecule has 3 aromatic rings. The Kier molecular flexibility index (Phi) is 5.76.